The monoisotopic (exact) mass is 232 g/mol. The first-order valence-corrected chi connectivity index (χ1v) is 6.30. The van der Waals surface area contributed by atoms with Crippen LogP contribution < -0.4 is 10.6 Å². The van der Waals surface area contributed by atoms with Crippen molar-refractivity contribution in [1.82, 2.24) is 10.6 Å². The molecule has 1 amide bonds. The Morgan fingerprint density at radius 2 is 2.06 bits per heavy atom. The number of amides is 1. The van der Waals surface area contributed by atoms with Gasteiger partial charge in [-0.1, -0.05) is 37.3 Å². The summed E-state index contributed by atoms with van der Waals surface area (Å²) in [5.74, 6) is 0.459. The molecule has 0 spiro atoms. The second-order valence-electron chi connectivity index (χ2n) is 4.77. The topological polar surface area (TPSA) is 41.1 Å². The quantitative estimate of drug-likeness (QED) is 0.783. The van der Waals surface area contributed by atoms with Crippen LogP contribution in [0.5, 0.6) is 0 Å². The van der Waals surface area contributed by atoms with E-state index < -0.39 is 0 Å². The average molecular weight is 232 g/mol. The largest absolute Gasteiger partial charge is 0.354 e. The van der Waals surface area contributed by atoms with Gasteiger partial charge in [-0.3, -0.25) is 4.79 Å². The fraction of sp³-hybridized carbons (Fsp3) is 0.500. The van der Waals surface area contributed by atoms with Crippen LogP contribution in [0.25, 0.3) is 0 Å². The molecule has 92 valence electrons. The van der Waals surface area contributed by atoms with Crippen molar-refractivity contribution in [2.45, 2.75) is 31.7 Å². The zero-order valence-corrected chi connectivity index (χ0v) is 10.3. The van der Waals surface area contributed by atoms with Crippen molar-refractivity contribution in [2.75, 3.05) is 13.1 Å². The third-order valence-electron chi connectivity index (χ3n) is 3.10. The number of rotatable bonds is 6. The van der Waals surface area contributed by atoms with E-state index in [1.807, 2.05) is 18.2 Å². The maximum absolute atomic E-state index is 11.5. The standard InChI is InChI=1S/C14H20N2O/c1-11(12-5-3-2-4-6-12)9-16-14(17)10-15-13-7-8-13/h2-6,11,13,15H,7-10H2,1H3,(H,16,17). The number of nitrogens with one attached hydrogen (secondary N) is 2. The predicted octanol–water partition coefficient (Wildman–Crippen LogP) is 1.66. The molecule has 1 aliphatic carbocycles. The summed E-state index contributed by atoms with van der Waals surface area (Å²) in [6.07, 6.45) is 2.43. The summed E-state index contributed by atoms with van der Waals surface area (Å²) < 4.78 is 0. The molecule has 3 heteroatoms. The van der Waals surface area contributed by atoms with Crippen LogP contribution in [0.15, 0.2) is 30.3 Å². The molecule has 1 aromatic rings. The van der Waals surface area contributed by atoms with E-state index in [0.717, 1.165) is 0 Å². The van der Waals surface area contributed by atoms with Crippen LogP contribution in [-0.2, 0) is 4.79 Å². The minimum absolute atomic E-state index is 0.0969. The van der Waals surface area contributed by atoms with Crippen molar-refractivity contribution in [1.29, 1.82) is 0 Å². The van der Waals surface area contributed by atoms with Crippen LogP contribution in [0.4, 0.5) is 0 Å². The van der Waals surface area contributed by atoms with Gasteiger partial charge in [0, 0.05) is 12.6 Å². The molecule has 0 saturated heterocycles. The lowest BCUT2D eigenvalue weighted by atomic mass is 10.0. The fourth-order valence-corrected chi connectivity index (χ4v) is 1.75. The summed E-state index contributed by atoms with van der Waals surface area (Å²) in [6.45, 7) is 3.28. The van der Waals surface area contributed by atoms with Gasteiger partial charge in [-0.25, -0.2) is 0 Å². The molecule has 0 aliphatic heterocycles. The van der Waals surface area contributed by atoms with E-state index in [1.165, 1.54) is 18.4 Å². The van der Waals surface area contributed by atoms with Crippen LogP contribution in [0.3, 0.4) is 0 Å². The lowest BCUT2D eigenvalue weighted by molar-refractivity contribution is -0.120. The van der Waals surface area contributed by atoms with Gasteiger partial charge < -0.3 is 10.6 Å². The molecule has 0 aromatic heterocycles. The zero-order valence-electron chi connectivity index (χ0n) is 10.3. The van der Waals surface area contributed by atoms with Gasteiger partial charge in [-0.05, 0) is 24.3 Å². The van der Waals surface area contributed by atoms with Gasteiger partial charge in [-0.2, -0.15) is 0 Å². The first-order chi connectivity index (χ1) is 8.25. The highest BCUT2D eigenvalue weighted by Crippen LogP contribution is 2.18. The summed E-state index contributed by atoms with van der Waals surface area (Å²) in [7, 11) is 0. The first-order valence-electron chi connectivity index (χ1n) is 6.30. The number of carbonyl (C=O) groups excluding carboxylic acids is 1. The van der Waals surface area contributed by atoms with E-state index in [4.69, 9.17) is 0 Å². The number of hydrogen-bond acceptors (Lipinski definition) is 2. The molecule has 1 aliphatic rings. The molecule has 0 radical (unpaired) electrons. The van der Waals surface area contributed by atoms with Crippen molar-refractivity contribution in [3.05, 3.63) is 35.9 Å². The Kier molecular flexibility index (Phi) is 4.15. The Morgan fingerprint density at radius 1 is 1.35 bits per heavy atom. The Labute approximate surface area is 103 Å². The van der Waals surface area contributed by atoms with Crippen LogP contribution >= 0.6 is 0 Å². The lowest BCUT2D eigenvalue weighted by Crippen LogP contribution is -2.36. The highest BCUT2D eigenvalue weighted by atomic mass is 16.1. The van der Waals surface area contributed by atoms with Crippen LogP contribution in [0, 0.1) is 0 Å². The second kappa shape index (κ2) is 5.82. The highest BCUT2D eigenvalue weighted by Gasteiger charge is 2.21. The lowest BCUT2D eigenvalue weighted by Gasteiger charge is -2.13. The van der Waals surface area contributed by atoms with Gasteiger partial charge in [0.1, 0.15) is 0 Å². The Hall–Kier alpha value is -1.35. The molecule has 2 rings (SSSR count). The van der Waals surface area contributed by atoms with Gasteiger partial charge in [-0.15, -0.1) is 0 Å². The molecular weight excluding hydrogens is 212 g/mol. The SMILES string of the molecule is CC(CNC(=O)CNC1CC1)c1ccccc1. The van der Waals surface area contributed by atoms with E-state index in [1.54, 1.807) is 0 Å². The summed E-state index contributed by atoms with van der Waals surface area (Å²) in [6, 6.07) is 10.9. The van der Waals surface area contributed by atoms with Crippen molar-refractivity contribution >= 4 is 5.91 Å². The maximum atomic E-state index is 11.5. The van der Waals surface area contributed by atoms with Gasteiger partial charge in [0.05, 0.1) is 6.54 Å². The molecule has 3 nitrogen and oxygen atoms in total. The molecule has 17 heavy (non-hydrogen) atoms. The molecule has 1 unspecified atom stereocenters. The van der Waals surface area contributed by atoms with Crippen molar-refractivity contribution in [2.24, 2.45) is 0 Å². The molecule has 2 N–H and O–H groups in total. The molecule has 1 fully saturated rings. The van der Waals surface area contributed by atoms with Crippen molar-refractivity contribution < 1.29 is 4.79 Å². The fourth-order valence-electron chi connectivity index (χ4n) is 1.75. The third-order valence-corrected chi connectivity index (χ3v) is 3.10. The van der Waals surface area contributed by atoms with Crippen molar-refractivity contribution in [3.63, 3.8) is 0 Å². The van der Waals surface area contributed by atoms with E-state index >= 15 is 0 Å². The van der Waals surface area contributed by atoms with E-state index in [2.05, 4.69) is 29.7 Å². The number of carbonyl (C=O) groups is 1. The van der Waals surface area contributed by atoms with E-state index in [9.17, 15) is 4.79 Å². The molecule has 0 heterocycles. The minimum Gasteiger partial charge on any atom is -0.354 e. The molecule has 1 saturated carbocycles. The van der Waals surface area contributed by atoms with Gasteiger partial charge >= 0.3 is 0 Å². The zero-order chi connectivity index (χ0) is 12.1. The second-order valence-corrected chi connectivity index (χ2v) is 4.77. The Bertz CT molecular complexity index is 360. The first kappa shape index (κ1) is 12.1. The highest BCUT2D eigenvalue weighted by molar-refractivity contribution is 5.78. The Morgan fingerprint density at radius 3 is 2.71 bits per heavy atom. The Balaban J connectivity index is 1.68. The molecule has 0 bridgehead atoms. The van der Waals surface area contributed by atoms with Crippen LogP contribution in [-0.4, -0.2) is 25.0 Å². The summed E-state index contributed by atoms with van der Waals surface area (Å²) >= 11 is 0. The molecule has 1 atom stereocenters. The van der Waals surface area contributed by atoms with Crippen LogP contribution in [0.2, 0.25) is 0 Å². The average Bonchev–Trinajstić information content (AvgIpc) is 3.18. The van der Waals surface area contributed by atoms with Gasteiger partial charge in [0.25, 0.3) is 0 Å². The molecular formula is C14H20N2O. The third kappa shape index (κ3) is 4.19. The summed E-state index contributed by atoms with van der Waals surface area (Å²) in [5, 5.41) is 6.17. The maximum Gasteiger partial charge on any atom is 0.233 e. The molecule has 1 aromatic carbocycles. The van der Waals surface area contributed by atoms with Crippen LogP contribution in [0.1, 0.15) is 31.2 Å². The van der Waals surface area contributed by atoms with Crippen molar-refractivity contribution in [3.8, 4) is 0 Å². The van der Waals surface area contributed by atoms with E-state index in [0.29, 0.717) is 25.0 Å². The summed E-state index contributed by atoms with van der Waals surface area (Å²) in [5.41, 5.74) is 1.27. The van der Waals surface area contributed by atoms with E-state index in [-0.39, 0.29) is 5.91 Å². The van der Waals surface area contributed by atoms with Gasteiger partial charge in [0.15, 0.2) is 0 Å². The normalized spacial score (nSPS) is 16.5. The van der Waals surface area contributed by atoms with Gasteiger partial charge in [0.2, 0.25) is 5.91 Å². The number of hydrogen-bond donors (Lipinski definition) is 2. The smallest absolute Gasteiger partial charge is 0.233 e. The minimum atomic E-state index is 0.0969. The summed E-state index contributed by atoms with van der Waals surface area (Å²) in [4.78, 5) is 11.5. The number of benzene rings is 1. The predicted molar refractivity (Wildman–Crippen MR) is 68.9 cm³/mol.